The number of aliphatic imine (C=N–C) groups is 1. The van der Waals surface area contributed by atoms with Gasteiger partial charge in [0.25, 0.3) is 0 Å². The molecule has 2 N–H and O–H groups in total. The van der Waals surface area contributed by atoms with Gasteiger partial charge < -0.3 is 9.84 Å². The van der Waals surface area contributed by atoms with E-state index in [4.69, 9.17) is 14.6 Å². The molecule has 111 valence electrons. The first-order valence-electron chi connectivity index (χ1n) is 6.13. The molecule has 2 rings (SSSR count). The molecule has 20 heavy (non-hydrogen) atoms. The Morgan fingerprint density at radius 3 is 2.60 bits per heavy atom. The number of hydrogen-bond acceptors (Lipinski definition) is 3. The van der Waals surface area contributed by atoms with Crippen LogP contribution in [-0.2, 0) is 24.8 Å². The van der Waals surface area contributed by atoms with Crippen molar-refractivity contribution in [3.63, 3.8) is 0 Å². The number of ether oxygens (including phenoxy) is 1. The second kappa shape index (κ2) is 10.4. The fraction of sp³-hybridized carbons (Fsp3) is 0.333. The van der Waals surface area contributed by atoms with Crippen molar-refractivity contribution in [2.24, 2.45) is 4.99 Å². The van der Waals surface area contributed by atoms with Crippen LogP contribution >= 0.6 is 0 Å². The number of nitrogens with zero attached hydrogens (tertiary/aromatic N) is 1. The van der Waals surface area contributed by atoms with Gasteiger partial charge in [0.15, 0.2) is 0 Å². The van der Waals surface area contributed by atoms with Gasteiger partial charge >= 0.3 is 5.78 Å². The van der Waals surface area contributed by atoms with Crippen molar-refractivity contribution < 1.29 is 34.7 Å². The van der Waals surface area contributed by atoms with E-state index in [0.717, 1.165) is 31.0 Å². The molecule has 1 aromatic carbocycles. The molecule has 0 amide bonds. The molecule has 1 aromatic rings. The smallest absolute Gasteiger partial charge is 0.316 e. The Kier molecular flexibility index (Phi) is 9.60. The van der Waals surface area contributed by atoms with Crippen LogP contribution in [0.25, 0.3) is 0 Å². The minimum atomic E-state index is 0. The summed E-state index contributed by atoms with van der Waals surface area (Å²) in [7, 11) is 0. The number of benzene rings is 1. The van der Waals surface area contributed by atoms with E-state index in [0.29, 0.717) is 0 Å². The maximum absolute atomic E-state index is 8.40. The quantitative estimate of drug-likeness (QED) is 0.324. The van der Waals surface area contributed by atoms with Gasteiger partial charge in [0, 0.05) is 26.7 Å². The third-order valence-electron chi connectivity index (χ3n) is 2.15. The zero-order valence-corrected chi connectivity index (χ0v) is 14.0. The van der Waals surface area contributed by atoms with Crippen molar-refractivity contribution in [1.82, 2.24) is 0 Å². The molecule has 5 heteroatoms. The summed E-state index contributed by atoms with van der Waals surface area (Å²) in [6.45, 7) is 4.65. The Balaban J connectivity index is 0.000000396. The first kappa shape index (κ1) is 18.5. The number of hydrogen-bond donors (Lipinski definition) is 1. The van der Waals surface area contributed by atoms with Gasteiger partial charge in [0.05, 0.1) is 25.4 Å². The molecule has 0 bridgehead atoms. The van der Waals surface area contributed by atoms with E-state index < -0.39 is 0 Å². The van der Waals surface area contributed by atoms with E-state index in [1.165, 1.54) is 19.9 Å². The second-order valence-corrected chi connectivity index (χ2v) is 4.09. The maximum Gasteiger partial charge on any atom is 0.316 e. The standard InChI is InChI=1S/C10H10NO.C5H8O2.Ir/c1-2-5-9(6-3-1)10-11-7-4-8-12-10;1-4(6)3-5(2)7;/h1-3,5H,4,7-8H2;3,6H,1-2H3;/q-1;;/p+1/b;4-3-;. The van der Waals surface area contributed by atoms with Crippen LogP contribution < -0.4 is 0 Å². The third kappa shape index (κ3) is 7.87. The van der Waals surface area contributed by atoms with Crippen molar-refractivity contribution in [3.8, 4) is 0 Å². The topological polar surface area (TPSA) is 63.2 Å². The first-order chi connectivity index (χ1) is 9.09. The number of ketones is 1. The minimum absolute atomic E-state index is 0. The molecule has 4 nitrogen and oxygen atoms in total. The fourth-order valence-corrected chi connectivity index (χ4v) is 1.45. The Hall–Kier alpha value is -1.45. The zero-order valence-electron chi connectivity index (χ0n) is 11.6. The molecule has 1 heterocycles. The number of allylic oxidation sites excluding steroid dienone is 2. The van der Waals surface area contributed by atoms with Gasteiger partial charge in [-0.1, -0.05) is 5.56 Å². The molecule has 0 aliphatic carbocycles. The molecule has 0 aromatic heterocycles. The van der Waals surface area contributed by atoms with E-state index in [2.05, 4.69) is 11.1 Å². The van der Waals surface area contributed by atoms with Gasteiger partial charge in [0.1, 0.15) is 5.90 Å². The molecular formula is C15H19IrNO3. The average Bonchev–Trinajstić information content (AvgIpc) is 2.40. The Bertz CT molecular complexity index is 465. The maximum atomic E-state index is 8.40. The third-order valence-corrected chi connectivity index (χ3v) is 2.15. The van der Waals surface area contributed by atoms with Crippen LogP contribution in [0.15, 0.2) is 41.1 Å². The van der Waals surface area contributed by atoms with Crippen LogP contribution in [0.4, 0.5) is 0 Å². The number of rotatable bonds is 2. The summed E-state index contributed by atoms with van der Waals surface area (Å²) in [5.74, 6) is 0.988. The normalized spacial score (nSPS) is 13.9. The van der Waals surface area contributed by atoms with Crippen molar-refractivity contribution >= 4 is 11.7 Å². The van der Waals surface area contributed by atoms with Crippen molar-refractivity contribution in [1.29, 1.82) is 0 Å². The van der Waals surface area contributed by atoms with Crippen LogP contribution in [0, 0.1) is 6.07 Å². The van der Waals surface area contributed by atoms with Gasteiger partial charge in [-0.3, -0.25) is 9.79 Å². The molecule has 0 saturated heterocycles. The van der Waals surface area contributed by atoms with Crippen molar-refractivity contribution in [2.75, 3.05) is 13.2 Å². The summed E-state index contributed by atoms with van der Waals surface area (Å²) in [6.07, 6.45) is 2.30. The Morgan fingerprint density at radius 1 is 1.45 bits per heavy atom. The van der Waals surface area contributed by atoms with Crippen LogP contribution in [0.2, 0.25) is 0 Å². The van der Waals surface area contributed by atoms with E-state index in [1.54, 1.807) is 0 Å². The molecule has 1 aliphatic heterocycles. The van der Waals surface area contributed by atoms with Gasteiger partial charge in [-0.15, -0.1) is 30.3 Å². The van der Waals surface area contributed by atoms with Gasteiger partial charge in [-0.2, -0.15) is 0 Å². The predicted molar refractivity (Wildman–Crippen MR) is 76.3 cm³/mol. The summed E-state index contributed by atoms with van der Waals surface area (Å²) < 4.78 is 5.38. The molecular weight excluding hydrogens is 434 g/mol. The van der Waals surface area contributed by atoms with Gasteiger partial charge in [0.2, 0.25) is 0 Å². The van der Waals surface area contributed by atoms with Crippen LogP contribution in [0.5, 0.6) is 0 Å². The number of carbonyl (C=O) groups excluding carboxylic acids is 1. The first-order valence-corrected chi connectivity index (χ1v) is 6.13. The van der Waals surface area contributed by atoms with Crippen molar-refractivity contribution in [2.45, 2.75) is 20.3 Å². The zero-order chi connectivity index (χ0) is 14.1. The van der Waals surface area contributed by atoms with E-state index in [9.17, 15) is 0 Å². The average molecular weight is 454 g/mol. The molecule has 0 unspecified atom stereocenters. The Labute approximate surface area is 132 Å². The van der Waals surface area contributed by atoms with Crippen molar-refractivity contribution in [3.05, 3.63) is 47.7 Å². The number of aliphatic hydroxyl groups excluding tert-OH is 1. The predicted octanol–water partition coefficient (Wildman–Crippen LogP) is 2.66. The molecule has 0 atom stereocenters. The van der Waals surface area contributed by atoms with Crippen LogP contribution in [0.1, 0.15) is 25.8 Å². The summed E-state index contributed by atoms with van der Waals surface area (Å²) in [5, 5.41) is 8.40. The molecule has 1 aliphatic rings. The molecule has 0 saturated carbocycles. The Morgan fingerprint density at radius 2 is 2.20 bits per heavy atom. The van der Waals surface area contributed by atoms with E-state index in [1.807, 2.05) is 24.3 Å². The van der Waals surface area contributed by atoms with E-state index in [-0.39, 0.29) is 31.6 Å². The molecule has 1 radical (unpaired) electrons. The monoisotopic (exact) mass is 454 g/mol. The van der Waals surface area contributed by atoms with E-state index >= 15 is 0 Å². The summed E-state index contributed by atoms with van der Waals surface area (Å²) in [5.41, 5.74) is 0.956. The van der Waals surface area contributed by atoms with Crippen LogP contribution in [0.3, 0.4) is 0 Å². The second-order valence-electron chi connectivity index (χ2n) is 4.09. The molecule has 0 fully saturated rings. The molecule has 0 spiro atoms. The SMILES string of the molecule is CC(=[OH+])/C=C(/C)O.[Ir].[c-]1ccccc1C1=NCCCO1. The van der Waals surface area contributed by atoms with Gasteiger partial charge in [-0.25, -0.2) is 0 Å². The fourth-order valence-electron chi connectivity index (χ4n) is 1.45. The largest absolute Gasteiger partial charge is 0.520 e. The number of aliphatic hydroxyl groups is 1. The van der Waals surface area contributed by atoms with Gasteiger partial charge in [-0.05, 0) is 13.3 Å². The summed E-state index contributed by atoms with van der Waals surface area (Å²) in [4.78, 5) is 12.7. The van der Waals surface area contributed by atoms with Crippen LogP contribution in [-0.4, -0.2) is 34.7 Å². The minimum Gasteiger partial charge on any atom is -0.520 e. The summed E-state index contributed by atoms with van der Waals surface area (Å²) >= 11 is 0. The summed E-state index contributed by atoms with van der Waals surface area (Å²) in [6, 6.07) is 10.8.